The molecule has 2 amide bonds. The highest BCUT2D eigenvalue weighted by Crippen LogP contribution is 2.41. The van der Waals surface area contributed by atoms with Gasteiger partial charge in [-0.25, -0.2) is 14.8 Å². The Morgan fingerprint density at radius 2 is 2.07 bits per heavy atom. The Morgan fingerprint density at radius 1 is 1.20 bits per heavy atom. The fourth-order valence-corrected chi connectivity index (χ4v) is 4.53. The molecule has 1 aliphatic carbocycles. The zero-order valence-corrected chi connectivity index (χ0v) is 17.8. The summed E-state index contributed by atoms with van der Waals surface area (Å²) in [5.41, 5.74) is 5.12. The minimum absolute atomic E-state index is 0.00410. The number of benzene rings is 1. The summed E-state index contributed by atoms with van der Waals surface area (Å²) in [5, 5.41) is 3.12. The average Bonchev–Trinajstić information content (AvgIpc) is 3.53. The van der Waals surface area contributed by atoms with Crippen LogP contribution in [0.15, 0.2) is 36.5 Å². The molecule has 1 N–H and O–H groups in total. The van der Waals surface area contributed by atoms with Gasteiger partial charge in [0.05, 0.1) is 0 Å². The van der Waals surface area contributed by atoms with Crippen LogP contribution in [0.1, 0.15) is 48.6 Å². The van der Waals surface area contributed by atoms with Gasteiger partial charge >= 0.3 is 6.03 Å². The second-order valence-electron chi connectivity index (χ2n) is 8.90. The summed E-state index contributed by atoms with van der Waals surface area (Å²) in [7, 11) is 0. The maximum absolute atomic E-state index is 13.0. The van der Waals surface area contributed by atoms with Gasteiger partial charge in [0, 0.05) is 37.4 Å². The molecular formula is C24H29N5O. The van der Waals surface area contributed by atoms with Crippen LogP contribution < -0.4 is 5.32 Å². The number of imidazole rings is 1. The maximum atomic E-state index is 13.0. The molecule has 1 atom stereocenters. The van der Waals surface area contributed by atoms with Crippen molar-refractivity contribution in [1.82, 2.24) is 19.4 Å². The van der Waals surface area contributed by atoms with Gasteiger partial charge in [0.15, 0.2) is 5.65 Å². The van der Waals surface area contributed by atoms with Crippen LogP contribution in [0.4, 0.5) is 10.5 Å². The molecule has 6 nitrogen and oxygen atoms in total. The first-order chi connectivity index (χ1) is 14.6. The van der Waals surface area contributed by atoms with Gasteiger partial charge in [-0.15, -0.1) is 0 Å². The fourth-order valence-electron chi connectivity index (χ4n) is 4.53. The van der Waals surface area contributed by atoms with E-state index >= 15 is 0 Å². The van der Waals surface area contributed by atoms with E-state index in [1.165, 1.54) is 18.7 Å². The predicted octanol–water partition coefficient (Wildman–Crippen LogP) is 4.87. The first kappa shape index (κ1) is 19.1. The Bertz CT molecular complexity index is 1080. The highest BCUT2D eigenvalue weighted by molar-refractivity contribution is 5.90. The highest BCUT2D eigenvalue weighted by atomic mass is 16.2. The Kier molecular flexibility index (Phi) is 4.93. The molecule has 1 aromatic carbocycles. The number of likely N-dealkylation sites (tertiary alicyclic amines) is 1. The van der Waals surface area contributed by atoms with E-state index < -0.39 is 0 Å². The molecule has 0 spiro atoms. The highest BCUT2D eigenvalue weighted by Gasteiger charge is 2.32. The number of urea groups is 1. The number of aromatic nitrogens is 3. The number of carbonyl (C=O) groups excluding carboxylic acids is 1. The van der Waals surface area contributed by atoms with E-state index in [-0.39, 0.29) is 6.03 Å². The van der Waals surface area contributed by atoms with Crippen LogP contribution in [-0.2, 0) is 6.54 Å². The summed E-state index contributed by atoms with van der Waals surface area (Å²) in [6.07, 6.45) is 6.45. The number of pyridine rings is 1. The molecule has 0 bridgehead atoms. The lowest BCUT2D eigenvalue weighted by atomic mass is 9.98. The molecule has 2 fully saturated rings. The van der Waals surface area contributed by atoms with Gasteiger partial charge in [0.1, 0.15) is 11.3 Å². The molecule has 1 saturated carbocycles. The monoisotopic (exact) mass is 403 g/mol. The number of aryl methyl sites for hydroxylation is 2. The van der Waals surface area contributed by atoms with Crippen LogP contribution >= 0.6 is 0 Å². The van der Waals surface area contributed by atoms with Gasteiger partial charge in [0.2, 0.25) is 0 Å². The number of rotatable bonds is 4. The van der Waals surface area contributed by atoms with Crippen molar-refractivity contribution in [3.8, 4) is 0 Å². The third-order valence-corrected chi connectivity index (χ3v) is 6.36. The van der Waals surface area contributed by atoms with Gasteiger partial charge < -0.3 is 14.8 Å². The second-order valence-corrected chi connectivity index (χ2v) is 8.90. The number of amides is 2. The van der Waals surface area contributed by atoms with Gasteiger partial charge in [0.25, 0.3) is 0 Å². The number of piperidine rings is 1. The van der Waals surface area contributed by atoms with E-state index in [2.05, 4.69) is 33.1 Å². The fraction of sp³-hybridized carbons (Fsp3) is 0.458. The summed E-state index contributed by atoms with van der Waals surface area (Å²) in [6, 6.07) is 10.2. The van der Waals surface area contributed by atoms with E-state index in [1.807, 2.05) is 37.1 Å². The van der Waals surface area contributed by atoms with Crippen LogP contribution in [0.5, 0.6) is 0 Å². The van der Waals surface area contributed by atoms with Crippen molar-refractivity contribution >= 4 is 22.9 Å². The molecule has 2 aromatic heterocycles. The molecular weight excluding hydrogens is 374 g/mol. The van der Waals surface area contributed by atoms with Crippen molar-refractivity contribution in [3.05, 3.63) is 53.5 Å². The normalized spacial score (nSPS) is 19.3. The summed E-state index contributed by atoms with van der Waals surface area (Å²) in [4.78, 5) is 24.4. The van der Waals surface area contributed by atoms with Crippen LogP contribution in [0, 0.1) is 19.8 Å². The van der Waals surface area contributed by atoms with Gasteiger partial charge in [-0.1, -0.05) is 12.1 Å². The number of nitrogens with one attached hydrogen (secondary N) is 1. The minimum Gasteiger partial charge on any atom is -0.324 e. The van der Waals surface area contributed by atoms with Gasteiger partial charge in [-0.3, -0.25) is 0 Å². The molecule has 1 saturated heterocycles. The zero-order valence-electron chi connectivity index (χ0n) is 17.8. The van der Waals surface area contributed by atoms with Crippen molar-refractivity contribution in [2.75, 3.05) is 18.4 Å². The van der Waals surface area contributed by atoms with E-state index in [4.69, 9.17) is 4.98 Å². The molecule has 3 aromatic rings. The predicted molar refractivity (Wildman–Crippen MR) is 119 cm³/mol. The van der Waals surface area contributed by atoms with Crippen LogP contribution in [0.3, 0.4) is 0 Å². The Balaban J connectivity index is 1.31. The van der Waals surface area contributed by atoms with Gasteiger partial charge in [-0.05, 0) is 74.8 Å². The topological polar surface area (TPSA) is 63.1 Å². The molecule has 2 aliphatic rings. The molecule has 0 radical (unpaired) electrons. The van der Waals surface area contributed by atoms with Crippen molar-refractivity contribution < 1.29 is 4.79 Å². The number of carbonyl (C=O) groups is 1. The molecule has 6 heteroatoms. The largest absolute Gasteiger partial charge is 0.324 e. The lowest BCUT2D eigenvalue weighted by molar-refractivity contribution is 0.170. The summed E-state index contributed by atoms with van der Waals surface area (Å²) in [6.45, 7) is 6.54. The number of hydrogen-bond donors (Lipinski definition) is 1. The molecule has 1 aliphatic heterocycles. The van der Waals surface area contributed by atoms with Crippen LogP contribution in [0.25, 0.3) is 11.2 Å². The maximum Gasteiger partial charge on any atom is 0.321 e. The standard InChI is InChI=1S/C24H29N5O/c1-16-7-8-17(2)21(13-16)27-24(30)28-12-4-5-18(14-28)15-29-22(19-9-10-19)26-20-6-3-11-25-23(20)29/h3,6-8,11,13,18-19H,4-5,9-10,12,14-15H2,1-2H3,(H,27,30). The molecule has 156 valence electrons. The first-order valence-electron chi connectivity index (χ1n) is 11.0. The molecule has 5 rings (SSSR count). The van der Waals surface area contributed by atoms with E-state index in [0.29, 0.717) is 11.8 Å². The number of nitrogens with zero attached hydrogens (tertiary/aromatic N) is 4. The zero-order chi connectivity index (χ0) is 20.7. The minimum atomic E-state index is 0.00410. The average molecular weight is 404 g/mol. The summed E-state index contributed by atoms with van der Waals surface area (Å²) >= 11 is 0. The van der Waals surface area contributed by atoms with Gasteiger partial charge in [-0.2, -0.15) is 0 Å². The number of hydrogen-bond acceptors (Lipinski definition) is 3. The van der Waals surface area contributed by atoms with E-state index in [9.17, 15) is 4.79 Å². The summed E-state index contributed by atoms with van der Waals surface area (Å²) in [5.74, 6) is 2.17. The smallest absolute Gasteiger partial charge is 0.321 e. The van der Waals surface area contributed by atoms with Crippen LogP contribution in [-0.4, -0.2) is 38.6 Å². The van der Waals surface area contributed by atoms with Crippen molar-refractivity contribution in [2.24, 2.45) is 5.92 Å². The second kappa shape index (κ2) is 7.74. The van der Waals surface area contributed by atoms with Crippen molar-refractivity contribution in [3.63, 3.8) is 0 Å². The Hall–Kier alpha value is -2.89. The number of anilines is 1. The lowest BCUT2D eigenvalue weighted by Crippen LogP contribution is -2.43. The summed E-state index contributed by atoms with van der Waals surface area (Å²) < 4.78 is 2.32. The molecule has 30 heavy (non-hydrogen) atoms. The van der Waals surface area contributed by atoms with Crippen molar-refractivity contribution in [1.29, 1.82) is 0 Å². The van der Waals surface area contributed by atoms with E-state index in [1.54, 1.807) is 0 Å². The Morgan fingerprint density at radius 3 is 2.90 bits per heavy atom. The quantitative estimate of drug-likeness (QED) is 0.676. The van der Waals surface area contributed by atoms with Crippen molar-refractivity contribution in [2.45, 2.75) is 52.0 Å². The SMILES string of the molecule is Cc1ccc(C)c(NC(=O)N2CCCC(Cn3c(C4CC4)nc4cccnc43)C2)c1. The van der Waals surface area contributed by atoms with E-state index in [0.717, 1.165) is 60.5 Å². The third-order valence-electron chi connectivity index (χ3n) is 6.36. The first-order valence-corrected chi connectivity index (χ1v) is 11.0. The molecule has 3 heterocycles. The molecule has 1 unspecified atom stereocenters. The lowest BCUT2D eigenvalue weighted by Gasteiger charge is -2.33. The third kappa shape index (κ3) is 3.78. The Labute approximate surface area is 177 Å². The van der Waals surface area contributed by atoms with Crippen LogP contribution in [0.2, 0.25) is 0 Å². The number of fused-ring (bicyclic) bond motifs is 1.